The molecule has 0 fully saturated rings. The van der Waals surface area contributed by atoms with Crippen molar-refractivity contribution in [3.05, 3.63) is 53.9 Å². The molecule has 0 aliphatic rings. The first-order valence-corrected chi connectivity index (χ1v) is 8.46. The topological polar surface area (TPSA) is 98.5 Å². The zero-order valence-electron chi connectivity index (χ0n) is 12.9. The number of anilines is 1. The number of sulfonamides is 1. The molecule has 124 valence electrons. The number of nitrogens with one attached hydrogen (secondary N) is 1. The van der Waals surface area contributed by atoms with Crippen molar-refractivity contribution in [1.82, 2.24) is 4.98 Å². The SMILES string of the molecule is COC(=O)c1ccc(NS(=O)(=O)c2ccc3oc(C)nc3c2)cc1. The summed E-state index contributed by atoms with van der Waals surface area (Å²) in [6, 6.07) is 10.4. The average Bonchev–Trinajstić information content (AvgIpc) is 2.93. The smallest absolute Gasteiger partial charge is 0.337 e. The molecule has 0 spiro atoms. The van der Waals surface area contributed by atoms with Gasteiger partial charge in [0.25, 0.3) is 10.0 Å². The van der Waals surface area contributed by atoms with Crippen LogP contribution in [0, 0.1) is 6.92 Å². The van der Waals surface area contributed by atoms with Gasteiger partial charge in [0.15, 0.2) is 11.5 Å². The quantitative estimate of drug-likeness (QED) is 0.729. The Morgan fingerprint density at radius 3 is 2.54 bits per heavy atom. The predicted octanol–water partition coefficient (Wildman–Crippen LogP) is 2.72. The second-order valence-corrected chi connectivity index (χ2v) is 6.72. The molecule has 3 aromatic rings. The van der Waals surface area contributed by atoms with E-state index >= 15 is 0 Å². The summed E-state index contributed by atoms with van der Waals surface area (Å²) in [4.78, 5) is 15.6. The zero-order chi connectivity index (χ0) is 17.3. The summed E-state index contributed by atoms with van der Waals surface area (Å²) >= 11 is 0. The summed E-state index contributed by atoms with van der Waals surface area (Å²) in [6.07, 6.45) is 0. The Hall–Kier alpha value is -2.87. The maximum atomic E-state index is 12.5. The molecule has 0 radical (unpaired) electrons. The van der Waals surface area contributed by atoms with Crippen molar-refractivity contribution in [2.24, 2.45) is 0 Å². The van der Waals surface area contributed by atoms with Gasteiger partial charge >= 0.3 is 5.97 Å². The van der Waals surface area contributed by atoms with Crippen LogP contribution >= 0.6 is 0 Å². The average molecular weight is 346 g/mol. The molecule has 1 N–H and O–H groups in total. The van der Waals surface area contributed by atoms with Crippen molar-refractivity contribution in [3.8, 4) is 0 Å². The number of esters is 1. The minimum Gasteiger partial charge on any atom is -0.465 e. The Morgan fingerprint density at radius 2 is 1.88 bits per heavy atom. The highest BCUT2D eigenvalue weighted by Crippen LogP contribution is 2.22. The molecule has 0 unspecified atom stereocenters. The van der Waals surface area contributed by atoms with Gasteiger partial charge < -0.3 is 9.15 Å². The van der Waals surface area contributed by atoms with E-state index in [0.717, 1.165) is 0 Å². The number of aryl methyl sites for hydroxylation is 1. The number of ether oxygens (including phenoxy) is 1. The summed E-state index contributed by atoms with van der Waals surface area (Å²) in [5.74, 6) is -0.0258. The Kier molecular flexibility index (Phi) is 3.98. The molecule has 0 aliphatic heterocycles. The summed E-state index contributed by atoms with van der Waals surface area (Å²) in [6.45, 7) is 1.69. The van der Waals surface area contributed by atoms with Crippen LogP contribution in [0.2, 0.25) is 0 Å². The molecule has 7 nitrogen and oxygen atoms in total. The number of carbonyl (C=O) groups excluding carboxylic acids is 1. The lowest BCUT2D eigenvalue weighted by atomic mass is 10.2. The number of fused-ring (bicyclic) bond motifs is 1. The minimum absolute atomic E-state index is 0.0698. The lowest BCUT2D eigenvalue weighted by Gasteiger charge is -2.08. The van der Waals surface area contributed by atoms with E-state index in [1.165, 1.54) is 43.5 Å². The lowest BCUT2D eigenvalue weighted by molar-refractivity contribution is 0.0601. The second kappa shape index (κ2) is 5.97. The predicted molar refractivity (Wildman–Crippen MR) is 87.3 cm³/mol. The van der Waals surface area contributed by atoms with Crippen molar-refractivity contribution in [3.63, 3.8) is 0 Å². The minimum atomic E-state index is -3.78. The molecule has 0 saturated carbocycles. The van der Waals surface area contributed by atoms with Crippen LogP contribution in [0.1, 0.15) is 16.2 Å². The summed E-state index contributed by atoms with van der Waals surface area (Å²) in [7, 11) is -2.50. The van der Waals surface area contributed by atoms with Gasteiger partial charge in [0, 0.05) is 12.6 Å². The molecule has 0 atom stereocenters. The van der Waals surface area contributed by atoms with Crippen molar-refractivity contribution in [2.75, 3.05) is 11.8 Å². The van der Waals surface area contributed by atoms with E-state index in [2.05, 4.69) is 14.4 Å². The van der Waals surface area contributed by atoms with Gasteiger partial charge in [-0.05, 0) is 42.5 Å². The Labute approximate surface area is 138 Å². The van der Waals surface area contributed by atoms with E-state index in [0.29, 0.717) is 28.2 Å². The molecule has 0 aliphatic carbocycles. The molecule has 8 heteroatoms. The lowest BCUT2D eigenvalue weighted by Crippen LogP contribution is -2.13. The molecule has 2 aromatic carbocycles. The number of oxazole rings is 1. The fraction of sp³-hybridized carbons (Fsp3) is 0.125. The molecule has 0 bridgehead atoms. The van der Waals surface area contributed by atoms with Crippen LogP contribution in [0.3, 0.4) is 0 Å². The van der Waals surface area contributed by atoms with Gasteiger partial charge in [-0.2, -0.15) is 0 Å². The Bertz CT molecular complexity index is 1010. The molecule has 0 saturated heterocycles. The van der Waals surface area contributed by atoms with Gasteiger partial charge in [0.2, 0.25) is 0 Å². The fourth-order valence-corrected chi connectivity index (χ4v) is 3.27. The highest BCUT2D eigenvalue weighted by molar-refractivity contribution is 7.92. The first kappa shape index (κ1) is 16.0. The Morgan fingerprint density at radius 1 is 1.17 bits per heavy atom. The zero-order valence-corrected chi connectivity index (χ0v) is 13.8. The standard InChI is InChI=1S/C16H14N2O5S/c1-10-17-14-9-13(7-8-15(14)23-10)24(20,21)18-12-5-3-11(4-6-12)16(19)22-2/h3-9,18H,1-2H3. The number of methoxy groups -OCH3 is 1. The van der Waals surface area contributed by atoms with Crippen LogP contribution in [-0.2, 0) is 14.8 Å². The van der Waals surface area contributed by atoms with Gasteiger partial charge in [-0.15, -0.1) is 0 Å². The summed E-state index contributed by atoms with van der Waals surface area (Å²) in [5.41, 5.74) is 1.66. The van der Waals surface area contributed by atoms with E-state index in [-0.39, 0.29) is 4.90 Å². The third-order valence-corrected chi connectivity index (χ3v) is 4.71. The van der Waals surface area contributed by atoms with Gasteiger partial charge in [0.1, 0.15) is 5.52 Å². The van der Waals surface area contributed by atoms with E-state index in [1.54, 1.807) is 13.0 Å². The number of hydrogen-bond donors (Lipinski definition) is 1. The largest absolute Gasteiger partial charge is 0.465 e. The van der Waals surface area contributed by atoms with E-state index < -0.39 is 16.0 Å². The third kappa shape index (κ3) is 3.09. The maximum Gasteiger partial charge on any atom is 0.337 e. The van der Waals surface area contributed by atoms with Gasteiger partial charge in [-0.1, -0.05) is 0 Å². The van der Waals surface area contributed by atoms with Crippen LogP contribution < -0.4 is 4.72 Å². The highest BCUT2D eigenvalue weighted by atomic mass is 32.2. The van der Waals surface area contributed by atoms with Crippen LogP contribution in [0.4, 0.5) is 5.69 Å². The van der Waals surface area contributed by atoms with Crippen LogP contribution in [0.5, 0.6) is 0 Å². The molecule has 3 rings (SSSR count). The fourth-order valence-electron chi connectivity index (χ4n) is 2.20. The van der Waals surface area contributed by atoms with Gasteiger partial charge in [-0.25, -0.2) is 18.2 Å². The van der Waals surface area contributed by atoms with Crippen LogP contribution in [0.25, 0.3) is 11.1 Å². The van der Waals surface area contributed by atoms with Crippen molar-refractivity contribution in [2.45, 2.75) is 11.8 Å². The van der Waals surface area contributed by atoms with Crippen molar-refractivity contribution < 1.29 is 22.4 Å². The normalized spacial score (nSPS) is 11.4. The number of aromatic nitrogens is 1. The monoisotopic (exact) mass is 346 g/mol. The Balaban J connectivity index is 1.88. The third-order valence-electron chi connectivity index (χ3n) is 3.33. The van der Waals surface area contributed by atoms with Crippen molar-refractivity contribution in [1.29, 1.82) is 0 Å². The second-order valence-electron chi connectivity index (χ2n) is 5.04. The molecule has 24 heavy (non-hydrogen) atoms. The summed E-state index contributed by atoms with van der Waals surface area (Å²) in [5, 5.41) is 0. The van der Waals surface area contributed by atoms with Gasteiger partial charge in [0.05, 0.1) is 17.6 Å². The summed E-state index contributed by atoms with van der Waals surface area (Å²) < 4.78 is 37.3. The maximum absolute atomic E-state index is 12.5. The molecule has 1 aromatic heterocycles. The van der Waals surface area contributed by atoms with E-state index in [9.17, 15) is 13.2 Å². The number of nitrogens with zero attached hydrogens (tertiary/aromatic N) is 1. The van der Waals surface area contributed by atoms with E-state index in [1.807, 2.05) is 0 Å². The van der Waals surface area contributed by atoms with Crippen LogP contribution in [-0.4, -0.2) is 26.5 Å². The number of carbonyl (C=O) groups is 1. The number of rotatable bonds is 4. The number of hydrogen-bond acceptors (Lipinski definition) is 6. The first-order chi connectivity index (χ1) is 11.4. The number of benzene rings is 2. The van der Waals surface area contributed by atoms with Crippen LogP contribution in [0.15, 0.2) is 51.8 Å². The molecular weight excluding hydrogens is 332 g/mol. The van der Waals surface area contributed by atoms with Gasteiger partial charge in [-0.3, -0.25) is 4.72 Å². The van der Waals surface area contributed by atoms with E-state index in [4.69, 9.17) is 4.42 Å². The molecule has 0 amide bonds. The molecule has 1 heterocycles. The molecular formula is C16H14N2O5S. The highest BCUT2D eigenvalue weighted by Gasteiger charge is 2.16. The first-order valence-electron chi connectivity index (χ1n) is 6.97. The van der Waals surface area contributed by atoms with Crippen molar-refractivity contribution >= 4 is 32.8 Å².